The van der Waals surface area contributed by atoms with Crippen molar-refractivity contribution in [1.82, 2.24) is 4.90 Å². The zero-order valence-electron chi connectivity index (χ0n) is 16.9. The van der Waals surface area contributed by atoms with Crippen LogP contribution in [0.3, 0.4) is 0 Å². The topological polar surface area (TPSA) is 46.6 Å². The number of carbonyl (C=O) groups excluding carboxylic acids is 2. The quantitative estimate of drug-likeness (QED) is 0.531. The fourth-order valence-electron chi connectivity index (χ4n) is 4.39. The molecule has 1 amide bonds. The number of benzene rings is 1. The third-order valence-electron chi connectivity index (χ3n) is 6.11. The van der Waals surface area contributed by atoms with Crippen LogP contribution >= 0.6 is 11.3 Å². The van der Waals surface area contributed by atoms with Gasteiger partial charge in [-0.1, -0.05) is 36.8 Å². The second-order valence-corrected chi connectivity index (χ2v) is 9.35. The van der Waals surface area contributed by atoms with Gasteiger partial charge in [-0.15, -0.1) is 11.3 Å². The largest absolute Gasteiger partial charge is 0.451 e. The van der Waals surface area contributed by atoms with Gasteiger partial charge in [0.15, 0.2) is 6.61 Å². The van der Waals surface area contributed by atoms with E-state index in [1.54, 1.807) is 11.3 Å². The number of ether oxygens (including phenoxy) is 1. The maximum absolute atomic E-state index is 12.5. The van der Waals surface area contributed by atoms with E-state index in [0.717, 1.165) is 45.2 Å². The van der Waals surface area contributed by atoms with Gasteiger partial charge in [-0.3, -0.25) is 4.79 Å². The van der Waals surface area contributed by atoms with E-state index in [1.165, 1.54) is 35.3 Å². The van der Waals surface area contributed by atoms with Crippen LogP contribution in [0.1, 0.15) is 57.8 Å². The highest BCUT2D eigenvalue weighted by atomic mass is 32.1. The van der Waals surface area contributed by atoms with Gasteiger partial charge in [-0.25, -0.2) is 4.79 Å². The van der Waals surface area contributed by atoms with E-state index in [9.17, 15) is 9.59 Å². The van der Waals surface area contributed by atoms with Crippen LogP contribution in [0.25, 0.3) is 0 Å². The lowest BCUT2D eigenvalue weighted by molar-refractivity contribution is -0.135. The predicted molar refractivity (Wildman–Crippen MR) is 115 cm³/mol. The summed E-state index contributed by atoms with van der Waals surface area (Å²) in [5.41, 5.74) is 2.66. The summed E-state index contributed by atoms with van der Waals surface area (Å²) in [5.74, 6) is 0.190. The van der Waals surface area contributed by atoms with Crippen molar-refractivity contribution in [2.45, 2.75) is 51.4 Å². The summed E-state index contributed by atoms with van der Waals surface area (Å²) in [6, 6.07) is 12.5. The van der Waals surface area contributed by atoms with Gasteiger partial charge in [0.1, 0.15) is 4.88 Å². The Hall–Kier alpha value is -2.14. The SMILES string of the molecule is O=C(OCC(=O)N1CCC(Cc2ccccc2)CC1)c1cc2c(s1)CCCCC2. The molecule has 1 fully saturated rings. The van der Waals surface area contributed by atoms with E-state index in [2.05, 4.69) is 24.3 Å². The summed E-state index contributed by atoms with van der Waals surface area (Å²) in [6.45, 7) is 1.35. The van der Waals surface area contributed by atoms with Crippen molar-refractivity contribution in [3.63, 3.8) is 0 Å². The second-order valence-electron chi connectivity index (χ2n) is 8.21. The molecule has 154 valence electrons. The van der Waals surface area contributed by atoms with Crippen LogP contribution in [0, 0.1) is 5.92 Å². The molecule has 0 spiro atoms. The first-order valence-corrected chi connectivity index (χ1v) is 11.6. The Balaban J connectivity index is 1.22. The summed E-state index contributed by atoms with van der Waals surface area (Å²) in [5, 5.41) is 0. The minimum atomic E-state index is -0.351. The van der Waals surface area contributed by atoms with Gasteiger partial charge >= 0.3 is 5.97 Å². The van der Waals surface area contributed by atoms with Gasteiger partial charge in [-0.05, 0) is 68.1 Å². The molecule has 0 bridgehead atoms. The summed E-state index contributed by atoms with van der Waals surface area (Å²) in [4.78, 5) is 28.7. The van der Waals surface area contributed by atoms with Crippen LogP contribution in [0.2, 0.25) is 0 Å². The predicted octanol–water partition coefficient (Wildman–Crippen LogP) is 4.66. The lowest BCUT2D eigenvalue weighted by Gasteiger charge is -2.32. The molecule has 0 atom stereocenters. The molecule has 2 heterocycles. The molecule has 0 radical (unpaired) electrons. The molecule has 1 aliphatic heterocycles. The van der Waals surface area contributed by atoms with Crippen molar-refractivity contribution in [3.05, 3.63) is 57.3 Å². The molecule has 0 unspecified atom stereocenters. The number of thiophene rings is 1. The fraction of sp³-hybridized carbons (Fsp3) is 0.500. The number of amides is 1. The third-order valence-corrected chi connectivity index (χ3v) is 7.33. The van der Waals surface area contributed by atoms with Crippen LogP contribution in [-0.4, -0.2) is 36.5 Å². The number of nitrogens with zero attached hydrogens (tertiary/aromatic N) is 1. The van der Waals surface area contributed by atoms with Crippen molar-refractivity contribution < 1.29 is 14.3 Å². The molecule has 1 saturated heterocycles. The Bertz CT molecular complexity index is 814. The Morgan fingerprint density at radius 1 is 1.03 bits per heavy atom. The molecule has 0 N–H and O–H groups in total. The van der Waals surface area contributed by atoms with E-state index >= 15 is 0 Å². The summed E-state index contributed by atoms with van der Waals surface area (Å²) < 4.78 is 5.35. The van der Waals surface area contributed by atoms with Gasteiger partial charge < -0.3 is 9.64 Å². The van der Waals surface area contributed by atoms with Crippen molar-refractivity contribution >= 4 is 23.2 Å². The van der Waals surface area contributed by atoms with Crippen molar-refractivity contribution in [2.75, 3.05) is 19.7 Å². The smallest absolute Gasteiger partial charge is 0.348 e. The van der Waals surface area contributed by atoms with Crippen molar-refractivity contribution in [3.8, 4) is 0 Å². The number of hydrogen-bond acceptors (Lipinski definition) is 4. The maximum atomic E-state index is 12.5. The third kappa shape index (κ3) is 5.27. The molecular weight excluding hydrogens is 382 g/mol. The number of carbonyl (C=O) groups is 2. The molecule has 4 rings (SSSR count). The molecule has 1 aromatic heterocycles. The van der Waals surface area contributed by atoms with Gasteiger partial charge in [-0.2, -0.15) is 0 Å². The molecule has 5 heteroatoms. The van der Waals surface area contributed by atoms with Crippen LogP contribution in [0.4, 0.5) is 0 Å². The first-order chi connectivity index (χ1) is 14.2. The number of piperidine rings is 1. The number of fused-ring (bicyclic) bond motifs is 1. The van der Waals surface area contributed by atoms with E-state index in [-0.39, 0.29) is 18.5 Å². The van der Waals surface area contributed by atoms with Gasteiger partial charge in [0.2, 0.25) is 0 Å². The summed E-state index contributed by atoms with van der Waals surface area (Å²) in [7, 11) is 0. The first kappa shape index (κ1) is 20.1. The average molecular weight is 412 g/mol. The molecular formula is C24H29NO3S. The van der Waals surface area contributed by atoms with Crippen molar-refractivity contribution in [2.24, 2.45) is 5.92 Å². The Kier molecular flexibility index (Phi) is 6.65. The molecule has 2 aromatic rings. The van der Waals surface area contributed by atoms with Crippen LogP contribution in [0.5, 0.6) is 0 Å². The average Bonchev–Trinajstić information content (AvgIpc) is 3.03. The number of aryl methyl sites for hydroxylation is 2. The first-order valence-electron chi connectivity index (χ1n) is 10.8. The van der Waals surface area contributed by atoms with E-state index in [0.29, 0.717) is 10.8 Å². The molecule has 29 heavy (non-hydrogen) atoms. The van der Waals surface area contributed by atoms with Gasteiger partial charge in [0.25, 0.3) is 5.91 Å². The van der Waals surface area contributed by atoms with Crippen LogP contribution in [-0.2, 0) is 28.8 Å². The van der Waals surface area contributed by atoms with Crippen molar-refractivity contribution in [1.29, 1.82) is 0 Å². The number of hydrogen-bond donors (Lipinski definition) is 0. The van der Waals surface area contributed by atoms with Gasteiger partial charge in [0.05, 0.1) is 0 Å². The summed E-state index contributed by atoms with van der Waals surface area (Å²) in [6.07, 6.45) is 8.84. The highest BCUT2D eigenvalue weighted by molar-refractivity contribution is 7.14. The van der Waals surface area contributed by atoms with E-state index < -0.39 is 0 Å². The highest BCUT2D eigenvalue weighted by Gasteiger charge is 2.24. The zero-order valence-corrected chi connectivity index (χ0v) is 17.7. The van der Waals surface area contributed by atoms with E-state index in [1.807, 2.05) is 17.0 Å². The van der Waals surface area contributed by atoms with Crippen LogP contribution < -0.4 is 0 Å². The zero-order chi connectivity index (χ0) is 20.1. The molecule has 1 aromatic carbocycles. The maximum Gasteiger partial charge on any atom is 0.348 e. The molecule has 1 aliphatic carbocycles. The Labute approximate surface area is 176 Å². The number of likely N-dealkylation sites (tertiary alicyclic amines) is 1. The fourth-order valence-corrected chi connectivity index (χ4v) is 5.54. The molecule has 0 saturated carbocycles. The van der Waals surface area contributed by atoms with Crippen LogP contribution in [0.15, 0.2) is 36.4 Å². The highest BCUT2D eigenvalue weighted by Crippen LogP contribution is 2.29. The Morgan fingerprint density at radius 3 is 2.59 bits per heavy atom. The second kappa shape index (κ2) is 9.57. The minimum absolute atomic E-state index is 0.0744. The number of rotatable bonds is 5. The summed E-state index contributed by atoms with van der Waals surface area (Å²) >= 11 is 1.55. The number of esters is 1. The molecule has 4 nitrogen and oxygen atoms in total. The van der Waals surface area contributed by atoms with E-state index in [4.69, 9.17) is 4.74 Å². The monoisotopic (exact) mass is 411 g/mol. The molecule has 2 aliphatic rings. The normalized spacial score (nSPS) is 17.4. The van der Waals surface area contributed by atoms with Gasteiger partial charge in [0, 0.05) is 18.0 Å². The standard InChI is InChI=1S/C24H29NO3S/c26-23(25-13-11-19(12-14-25)15-18-7-3-1-4-8-18)17-28-24(27)22-16-20-9-5-2-6-10-21(20)29-22/h1,3-4,7-8,16,19H,2,5-6,9-15,17H2. The lowest BCUT2D eigenvalue weighted by atomic mass is 9.90. The minimum Gasteiger partial charge on any atom is -0.451 e. The lowest BCUT2D eigenvalue weighted by Crippen LogP contribution is -2.41. The Morgan fingerprint density at radius 2 is 1.79 bits per heavy atom.